The van der Waals surface area contributed by atoms with Gasteiger partial charge in [0, 0.05) is 54.5 Å². The van der Waals surface area contributed by atoms with Crippen LogP contribution in [-0.4, -0.2) is 45.0 Å². The van der Waals surface area contributed by atoms with Crippen LogP contribution in [0.1, 0.15) is 53.2 Å². The fourth-order valence-corrected chi connectivity index (χ4v) is 5.67. The molecule has 0 bridgehead atoms. The second-order valence-electron chi connectivity index (χ2n) is 10.9. The molecule has 0 saturated carbocycles. The summed E-state index contributed by atoms with van der Waals surface area (Å²) >= 11 is 0. The van der Waals surface area contributed by atoms with Crippen LogP contribution >= 0.6 is 0 Å². The summed E-state index contributed by atoms with van der Waals surface area (Å²) in [6, 6.07) is 5.23. The minimum atomic E-state index is -4.66. The molecule has 232 valence electrons. The summed E-state index contributed by atoms with van der Waals surface area (Å²) in [5, 5.41) is 8.65. The highest BCUT2D eigenvalue weighted by Crippen LogP contribution is 2.38. The van der Waals surface area contributed by atoms with E-state index in [1.54, 1.807) is 24.0 Å². The molecule has 1 aliphatic heterocycles. The molecule has 1 aromatic carbocycles. The molecule has 1 unspecified atom stereocenters. The van der Waals surface area contributed by atoms with Crippen LogP contribution in [-0.2, 0) is 35.2 Å². The lowest BCUT2D eigenvalue weighted by Crippen LogP contribution is -2.42. The Hall–Kier alpha value is -4.46. The van der Waals surface area contributed by atoms with Gasteiger partial charge >= 0.3 is 6.18 Å². The molecule has 44 heavy (non-hydrogen) atoms. The van der Waals surface area contributed by atoms with E-state index in [-0.39, 0.29) is 61.3 Å². The Balaban J connectivity index is 1.45. The van der Waals surface area contributed by atoms with Gasteiger partial charge in [-0.25, -0.2) is 13.2 Å². The van der Waals surface area contributed by atoms with E-state index in [4.69, 9.17) is 5.73 Å². The third-order valence-electron chi connectivity index (χ3n) is 7.66. The normalized spacial score (nSPS) is 18.1. The van der Waals surface area contributed by atoms with Gasteiger partial charge in [-0.2, -0.15) is 18.3 Å². The number of aromatic nitrogens is 3. The highest BCUT2D eigenvalue weighted by Gasteiger charge is 2.39. The van der Waals surface area contributed by atoms with Crippen LogP contribution in [0.25, 0.3) is 5.57 Å². The molecule has 14 heteroatoms. The van der Waals surface area contributed by atoms with E-state index in [0.29, 0.717) is 22.9 Å². The van der Waals surface area contributed by atoms with Gasteiger partial charge in [-0.15, -0.1) is 0 Å². The first-order chi connectivity index (χ1) is 20.8. The van der Waals surface area contributed by atoms with Crippen molar-refractivity contribution in [3.8, 4) is 0 Å². The summed E-state index contributed by atoms with van der Waals surface area (Å²) < 4.78 is 83.2. The van der Waals surface area contributed by atoms with Gasteiger partial charge in [0.15, 0.2) is 5.69 Å². The third kappa shape index (κ3) is 6.69. The summed E-state index contributed by atoms with van der Waals surface area (Å²) in [5.41, 5.74) is 5.87. The molecule has 3 heterocycles. The quantitative estimate of drug-likeness (QED) is 0.317. The lowest BCUT2D eigenvalue weighted by Gasteiger charge is -2.28. The number of halogens is 6. The number of rotatable bonds is 8. The van der Waals surface area contributed by atoms with Gasteiger partial charge in [0.25, 0.3) is 5.91 Å². The lowest BCUT2D eigenvalue weighted by atomic mass is 9.84. The fourth-order valence-electron chi connectivity index (χ4n) is 5.67. The van der Waals surface area contributed by atoms with E-state index in [0.717, 1.165) is 12.1 Å². The Morgan fingerprint density at radius 1 is 1.18 bits per heavy atom. The van der Waals surface area contributed by atoms with Crippen LogP contribution in [0.3, 0.4) is 0 Å². The molecule has 0 spiro atoms. The van der Waals surface area contributed by atoms with Crippen molar-refractivity contribution in [3.05, 3.63) is 99.4 Å². The van der Waals surface area contributed by atoms with E-state index in [2.05, 4.69) is 20.5 Å². The first-order valence-electron chi connectivity index (χ1n) is 13.8. The zero-order valence-corrected chi connectivity index (χ0v) is 23.4. The molecule has 0 fully saturated rings. The van der Waals surface area contributed by atoms with Gasteiger partial charge in [0.05, 0.1) is 23.9 Å². The van der Waals surface area contributed by atoms with Gasteiger partial charge in [-0.1, -0.05) is 13.0 Å². The van der Waals surface area contributed by atoms with Crippen LogP contribution in [0.4, 0.5) is 26.3 Å². The predicted octanol–water partition coefficient (Wildman–Crippen LogP) is 4.69. The summed E-state index contributed by atoms with van der Waals surface area (Å²) in [6.45, 7) is 1.43. The van der Waals surface area contributed by atoms with Crippen molar-refractivity contribution in [1.82, 2.24) is 25.4 Å². The number of hydrogen-bond donors (Lipinski definition) is 3. The Bertz CT molecular complexity index is 1640. The Morgan fingerprint density at radius 3 is 2.59 bits per heavy atom. The lowest BCUT2D eigenvalue weighted by molar-refractivity contribution is -0.142. The SMILES string of the molecule is CC1CC(c2cccnc2[C@H](Cc2cc(F)cc(F)c2)NC(=O)CN2CCc3[nH]nc(C(F)(F)F)c3C2)=CC(C(N)=O)=C1F. The number of nitrogens with zero attached hydrogens (tertiary/aromatic N) is 3. The van der Waals surface area contributed by atoms with Gasteiger partial charge in [-0.05, 0) is 48.3 Å². The van der Waals surface area contributed by atoms with Crippen LogP contribution < -0.4 is 11.1 Å². The molecule has 8 nitrogen and oxygen atoms in total. The molecule has 2 amide bonds. The molecule has 2 aromatic heterocycles. The Morgan fingerprint density at radius 2 is 1.91 bits per heavy atom. The summed E-state index contributed by atoms with van der Waals surface area (Å²) in [4.78, 5) is 31.3. The number of H-pyrrole nitrogens is 1. The van der Waals surface area contributed by atoms with Crippen molar-refractivity contribution in [3.63, 3.8) is 0 Å². The van der Waals surface area contributed by atoms with Crippen molar-refractivity contribution in [2.24, 2.45) is 11.7 Å². The van der Waals surface area contributed by atoms with Crippen LogP contribution in [0.5, 0.6) is 0 Å². The molecule has 3 aromatic rings. The second kappa shape index (κ2) is 12.3. The number of nitrogens with two attached hydrogens (primary N) is 1. The molecule has 1 aliphatic carbocycles. The largest absolute Gasteiger partial charge is 0.435 e. The average molecular weight is 619 g/mol. The molecule has 2 atom stereocenters. The van der Waals surface area contributed by atoms with E-state index in [9.17, 15) is 35.9 Å². The van der Waals surface area contributed by atoms with Crippen molar-refractivity contribution >= 4 is 17.4 Å². The molecular formula is C30H28F6N6O2. The van der Waals surface area contributed by atoms with Crippen molar-refractivity contribution in [1.29, 1.82) is 0 Å². The molecule has 5 rings (SSSR count). The standard InChI is InChI=1S/C30H28F6N6O2/c1-15-7-17(11-21(26(15)33)29(37)44)20-3-2-5-38-27(20)24(10-16-8-18(31)12-19(32)9-16)39-25(43)14-42-6-4-23-22(13-42)28(41-40-23)30(34,35)36/h2-3,5,8-9,11-12,15,24H,4,6-7,10,13-14H2,1H3,(H2,37,44)(H,39,43)(H,40,41)/t15?,24-/m0/s1. The van der Waals surface area contributed by atoms with Crippen LogP contribution in [0.2, 0.25) is 0 Å². The second-order valence-corrected chi connectivity index (χ2v) is 10.9. The zero-order valence-electron chi connectivity index (χ0n) is 23.4. The van der Waals surface area contributed by atoms with Gasteiger partial charge in [-0.3, -0.25) is 24.6 Å². The summed E-state index contributed by atoms with van der Waals surface area (Å²) in [7, 11) is 0. The maximum atomic E-state index is 14.7. The number of fused-ring (bicyclic) bond motifs is 1. The number of pyridine rings is 1. The van der Waals surface area contributed by atoms with Crippen LogP contribution in [0, 0.1) is 17.6 Å². The number of hydrogen-bond acceptors (Lipinski definition) is 5. The third-order valence-corrected chi connectivity index (χ3v) is 7.66. The highest BCUT2D eigenvalue weighted by atomic mass is 19.4. The number of alkyl halides is 3. The molecule has 0 saturated heterocycles. The first kappa shape index (κ1) is 31.0. The van der Waals surface area contributed by atoms with E-state index >= 15 is 0 Å². The summed E-state index contributed by atoms with van der Waals surface area (Å²) in [6.07, 6.45) is -1.59. The maximum absolute atomic E-state index is 14.7. The molecule has 2 aliphatic rings. The predicted molar refractivity (Wildman–Crippen MR) is 147 cm³/mol. The monoisotopic (exact) mass is 618 g/mol. The van der Waals surface area contributed by atoms with E-state index in [1.807, 2.05) is 0 Å². The Labute approximate surface area is 248 Å². The van der Waals surface area contributed by atoms with Gasteiger partial charge in [0.1, 0.15) is 17.5 Å². The zero-order chi connectivity index (χ0) is 31.8. The minimum Gasteiger partial charge on any atom is -0.366 e. The van der Waals surface area contributed by atoms with E-state index < -0.39 is 53.1 Å². The fraction of sp³-hybridized carbons (Fsp3) is 0.333. The van der Waals surface area contributed by atoms with Crippen molar-refractivity contribution in [2.75, 3.05) is 13.1 Å². The molecule has 4 N–H and O–H groups in total. The number of allylic oxidation sites excluding steroid dienone is 2. The van der Waals surface area contributed by atoms with Crippen LogP contribution in [0.15, 0.2) is 54.0 Å². The average Bonchev–Trinajstić information content (AvgIpc) is 3.37. The van der Waals surface area contributed by atoms with Crippen molar-refractivity contribution in [2.45, 2.75) is 44.9 Å². The number of carbonyl (C=O) groups excluding carboxylic acids is 2. The topological polar surface area (TPSA) is 117 Å². The number of nitrogens with one attached hydrogen (secondary N) is 2. The van der Waals surface area contributed by atoms with E-state index in [1.165, 1.54) is 12.3 Å². The Kier molecular flexibility index (Phi) is 8.64. The maximum Gasteiger partial charge on any atom is 0.435 e. The number of primary amides is 1. The van der Waals surface area contributed by atoms with Gasteiger partial charge < -0.3 is 11.1 Å². The highest BCUT2D eigenvalue weighted by molar-refractivity contribution is 5.98. The number of carbonyl (C=O) groups is 2. The first-order valence-corrected chi connectivity index (χ1v) is 13.8. The van der Waals surface area contributed by atoms with Gasteiger partial charge in [0.2, 0.25) is 5.91 Å². The van der Waals surface area contributed by atoms with Crippen molar-refractivity contribution < 1.29 is 35.9 Å². The molecular weight excluding hydrogens is 590 g/mol. The molecule has 0 radical (unpaired) electrons. The minimum absolute atomic E-state index is 0.0285. The number of aromatic amines is 1. The summed E-state index contributed by atoms with van der Waals surface area (Å²) in [5.74, 6) is -4.50. The smallest absolute Gasteiger partial charge is 0.366 e. The number of benzene rings is 1. The number of amides is 2.